The number of carbonyl (C=O) groups excluding carboxylic acids is 2. The number of ether oxygens (including phenoxy) is 1. The van der Waals surface area contributed by atoms with E-state index in [1.54, 1.807) is 6.08 Å². The number of hydrogen-bond donors (Lipinski definition) is 0. The predicted molar refractivity (Wildman–Crippen MR) is 97.6 cm³/mol. The van der Waals surface area contributed by atoms with E-state index < -0.39 is 6.09 Å². The largest absolute Gasteiger partial charge is 0.446 e. The van der Waals surface area contributed by atoms with Crippen LogP contribution < -0.4 is 0 Å². The number of benzene rings is 2. The van der Waals surface area contributed by atoms with Crippen molar-refractivity contribution in [3.8, 4) is 0 Å². The molecular formula is C21H19NO3. The Kier molecular flexibility index (Phi) is 5.09. The Hall–Kier alpha value is -3.14. The fraction of sp³-hybridized carbons (Fsp3) is 0.143. The number of rotatable bonds is 4. The molecule has 2 aromatic rings. The lowest BCUT2D eigenvalue weighted by Gasteiger charge is -2.18. The Morgan fingerprint density at radius 1 is 1.08 bits per heavy atom. The third-order valence-corrected chi connectivity index (χ3v) is 3.98. The molecule has 0 radical (unpaired) electrons. The molecule has 0 aromatic heterocycles. The van der Waals surface area contributed by atoms with Gasteiger partial charge in [0.05, 0.1) is 0 Å². The molecule has 0 bridgehead atoms. The SMILES string of the molecule is CC=Cc1cccc(C=CC(=O)N2C(=O)OCC2c2ccccc2)c1. The molecule has 1 atom stereocenters. The van der Waals surface area contributed by atoms with Crippen molar-refractivity contribution in [1.82, 2.24) is 4.90 Å². The summed E-state index contributed by atoms with van der Waals surface area (Å²) in [5.74, 6) is -0.382. The van der Waals surface area contributed by atoms with Gasteiger partial charge in [-0.3, -0.25) is 4.79 Å². The summed E-state index contributed by atoms with van der Waals surface area (Å²) >= 11 is 0. The van der Waals surface area contributed by atoms with Crippen molar-refractivity contribution < 1.29 is 14.3 Å². The van der Waals surface area contributed by atoms with Crippen LogP contribution in [0.15, 0.2) is 66.7 Å². The van der Waals surface area contributed by atoms with Crippen molar-refractivity contribution in [2.45, 2.75) is 13.0 Å². The van der Waals surface area contributed by atoms with Gasteiger partial charge >= 0.3 is 6.09 Å². The van der Waals surface area contributed by atoms with Gasteiger partial charge in [0.1, 0.15) is 12.6 Å². The Bertz CT molecular complexity index is 824. The molecule has 0 aliphatic carbocycles. The molecule has 25 heavy (non-hydrogen) atoms. The Labute approximate surface area is 147 Å². The van der Waals surface area contributed by atoms with E-state index in [0.29, 0.717) is 0 Å². The van der Waals surface area contributed by atoms with Gasteiger partial charge in [-0.2, -0.15) is 0 Å². The molecule has 4 nitrogen and oxygen atoms in total. The second-order valence-corrected chi connectivity index (χ2v) is 5.72. The van der Waals surface area contributed by atoms with Crippen LogP contribution in [0.2, 0.25) is 0 Å². The minimum Gasteiger partial charge on any atom is -0.446 e. The molecule has 0 saturated carbocycles. The number of amides is 2. The van der Waals surface area contributed by atoms with Crippen molar-refractivity contribution in [2.75, 3.05) is 6.61 Å². The van der Waals surface area contributed by atoms with E-state index in [4.69, 9.17) is 4.74 Å². The molecule has 0 spiro atoms. The minimum atomic E-state index is -0.605. The number of allylic oxidation sites excluding steroid dienone is 1. The summed E-state index contributed by atoms with van der Waals surface area (Å²) in [6, 6.07) is 16.8. The van der Waals surface area contributed by atoms with Gasteiger partial charge in [-0.15, -0.1) is 0 Å². The van der Waals surface area contributed by atoms with Gasteiger partial charge in [0, 0.05) is 6.08 Å². The maximum absolute atomic E-state index is 12.5. The quantitative estimate of drug-likeness (QED) is 0.777. The van der Waals surface area contributed by atoms with Crippen molar-refractivity contribution in [3.63, 3.8) is 0 Å². The summed E-state index contributed by atoms with van der Waals surface area (Å²) in [5, 5.41) is 0. The van der Waals surface area contributed by atoms with Crippen LogP contribution in [0.4, 0.5) is 4.79 Å². The van der Waals surface area contributed by atoms with E-state index in [-0.39, 0.29) is 18.6 Å². The highest BCUT2D eigenvalue weighted by molar-refractivity contribution is 6.02. The van der Waals surface area contributed by atoms with E-state index in [1.807, 2.05) is 73.7 Å². The number of imide groups is 1. The highest BCUT2D eigenvalue weighted by atomic mass is 16.6. The first kappa shape index (κ1) is 16.7. The molecule has 1 aliphatic heterocycles. The molecule has 1 fully saturated rings. The Morgan fingerprint density at radius 3 is 2.52 bits per heavy atom. The lowest BCUT2D eigenvalue weighted by atomic mass is 10.1. The zero-order chi connectivity index (χ0) is 17.6. The highest BCUT2D eigenvalue weighted by Gasteiger charge is 2.37. The molecule has 1 unspecified atom stereocenters. The summed E-state index contributed by atoms with van der Waals surface area (Å²) in [7, 11) is 0. The molecule has 3 rings (SSSR count). The van der Waals surface area contributed by atoms with Crippen LogP contribution in [0.1, 0.15) is 29.7 Å². The van der Waals surface area contributed by atoms with Crippen molar-refractivity contribution >= 4 is 24.2 Å². The van der Waals surface area contributed by atoms with Gasteiger partial charge in [0.2, 0.25) is 0 Å². The zero-order valence-corrected chi connectivity index (χ0v) is 14.0. The molecule has 0 N–H and O–H groups in total. The first-order valence-corrected chi connectivity index (χ1v) is 8.15. The predicted octanol–water partition coefficient (Wildman–Crippen LogP) is 4.45. The van der Waals surface area contributed by atoms with Crippen LogP contribution in [0.25, 0.3) is 12.2 Å². The van der Waals surface area contributed by atoms with E-state index in [0.717, 1.165) is 16.7 Å². The fourth-order valence-electron chi connectivity index (χ4n) is 2.79. The summed E-state index contributed by atoms with van der Waals surface area (Å²) in [6.45, 7) is 2.13. The summed E-state index contributed by atoms with van der Waals surface area (Å²) < 4.78 is 5.08. The lowest BCUT2D eigenvalue weighted by molar-refractivity contribution is -0.124. The molecule has 1 aliphatic rings. The van der Waals surface area contributed by atoms with Crippen molar-refractivity contribution in [2.24, 2.45) is 0 Å². The number of nitrogens with zero attached hydrogens (tertiary/aromatic N) is 1. The van der Waals surface area contributed by atoms with Crippen LogP contribution >= 0.6 is 0 Å². The maximum atomic E-state index is 12.5. The molecule has 2 aromatic carbocycles. The van der Waals surface area contributed by atoms with E-state index >= 15 is 0 Å². The zero-order valence-electron chi connectivity index (χ0n) is 14.0. The number of cyclic esters (lactones) is 1. The first-order valence-electron chi connectivity index (χ1n) is 8.15. The van der Waals surface area contributed by atoms with Crippen LogP contribution in [0, 0.1) is 0 Å². The molecule has 2 amide bonds. The topological polar surface area (TPSA) is 46.6 Å². The fourth-order valence-corrected chi connectivity index (χ4v) is 2.79. The minimum absolute atomic E-state index is 0.180. The number of hydrogen-bond acceptors (Lipinski definition) is 3. The standard InChI is InChI=1S/C21H19NO3/c1-2-7-16-8-6-9-17(14-16)12-13-20(23)22-19(15-25-21(22)24)18-10-4-3-5-11-18/h2-14,19H,15H2,1H3. The summed E-state index contributed by atoms with van der Waals surface area (Å²) in [4.78, 5) is 25.7. The second-order valence-electron chi connectivity index (χ2n) is 5.72. The molecule has 4 heteroatoms. The van der Waals surface area contributed by atoms with Crippen LogP contribution in [-0.2, 0) is 9.53 Å². The first-order chi connectivity index (χ1) is 12.2. The van der Waals surface area contributed by atoms with Crippen LogP contribution in [0.3, 0.4) is 0 Å². The third-order valence-electron chi connectivity index (χ3n) is 3.98. The monoisotopic (exact) mass is 333 g/mol. The Balaban J connectivity index is 1.79. The molecule has 126 valence electrons. The number of carbonyl (C=O) groups is 2. The smallest absolute Gasteiger partial charge is 0.417 e. The van der Waals surface area contributed by atoms with E-state index in [1.165, 1.54) is 11.0 Å². The van der Waals surface area contributed by atoms with Gasteiger partial charge < -0.3 is 4.74 Å². The van der Waals surface area contributed by atoms with Gasteiger partial charge in [-0.25, -0.2) is 9.69 Å². The maximum Gasteiger partial charge on any atom is 0.417 e. The van der Waals surface area contributed by atoms with Gasteiger partial charge in [0.15, 0.2) is 0 Å². The average molecular weight is 333 g/mol. The van der Waals surface area contributed by atoms with Gasteiger partial charge in [-0.1, -0.05) is 60.7 Å². The normalized spacial score (nSPS) is 17.4. The van der Waals surface area contributed by atoms with Crippen molar-refractivity contribution in [3.05, 3.63) is 83.4 Å². The molecular weight excluding hydrogens is 314 g/mol. The van der Waals surface area contributed by atoms with Gasteiger partial charge in [0.25, 0.3) is 5.91 Å². The summed E-state index contributed by atoms with van der Waals surface area (Å²) in [6.07, 6.45) is 6.47. The van der Waals surface area contributed by atoms with Crippen LogP contribution in [0.5, 0.6) is 0 Å². The van der Waals surface area contributed by atoms with E-state index in [9.17, 15) is 9.59 Å². The van der Waals surface area contributed by atoms with E-state index in [2.05, 4.69) is 0 Å². The van der Waals surface area contributed by atoms with Crippen LogP contribution in [-0.4, -0.2) is 23.5 Å². The molecule has 1 heterocycles. The summed E-state index contributed by atoms with van der Waals surface area (Å²) in [5.41, 5.74) is 2.83. The second kappa shape index (κ2) is 7.62. The highest BCUT2D eigenvalue weighted by Crippen LogP contribution is 2.28. The third kappa shape index (κ3) is 3.86. The lowest BCUT2D eigenvalue weighted by Crippen LogP contribution is -2.32. The van der Waals surface area contributed by atoms with Crippen molar-refractivity contribution in [1.29, 1.82) is 0 Å². The average Bonchev–Trinajstić information content (AvgIpc) is 3.03. The Morgan fingerprint density at radius 2 is 1.80 bits per heavy atom. The molecule has 1 saturated heterocycles. The van der Waals surface area contributed by atoms with Gasteiger partial charge in [-0.05, 0) is 35.8 Å².